The molecule has 0 atom stereocenters. The molecule has 0 bridgehead atoms. The molecule has 0 aliphatic carbocycles. The highest BCUT2D eigenvalue weighted by molar-refractivity contribution is 5.36. The average molecular weight is 180 g/mol. The number of hydrogen-bond donors (Lipinski definition) is 2. The van der Waals surface area contributed by atoms with Crippen LogP contribution >= 0.6 is 0 Å². The first-order valence-corrected chi connectivity index (χ1v) is 4.60. The number of nitrogens with one attached hydrogen (secondary N) is 1. The Morgan fingerprint density at radius 2 is 2.31 bits per heavy atom. The zero-order valence-electron chi connectivity index (χ0n) is 7.95. The van der Waals surface area contributed by atoms with E-state index < -0.39 is 0 Å². The Morgan fingerprint density at radius 3 is 3.00 bits per heavy atom. The summed E-state index contributed by atoms with van der Waals surface area (Å²) in [5.41, 5.74) is 1.21. The van der Waals surface area contributed by atoms with Crippen LogP contribution in [0.1, 0.15) is 18.4 Å². The van der Waals surface area contributed by atoms with Crippen molar-refractivity contribution < 1.29 is 5.11 Å². The van der Waals surface area contributed by atoms with E-state index in [-0.39, 0.29) is 6.61 Å². The summed E-state index contributed by atoms with van der Waals surface area (Å²) in [6, 6.07) is 3.98. The Hall–Kier alpha value is -1.09. The number of pyridine rings is 1. The zero-order valence-corrected chi connectivity index (χ0v) is 7.95. The largest absolute Gasteiger partial charge is 0.396 e. The van der Waals surface area contributed by atoms with Gasteiger partial charge in [0, 0.05) is 19.3 Å². The highest BCUT2D eigenvalue weighted by Crippen LogP contribution is 2.04. The molecule has 0 aliphatic rings. The molecule has 0 unspecified atom stereocenters. The molecule has 0 amide bonds. The van der Waals surface area contributed by atoms with Gasteiger partial charge in [-0.2, -0.15) is 0 Å². The normalized spacial score (nSPS) is 10.0. The molecule has 1 aromatic rings. The Kier molecular flexibility index (Phi) is 4.26. The molecule has 1 rings (SSSR count). The smallest absolute Gasteiger partial charge is 0.126 e. The van der Waals surface area contributed by atoms with Crippen molar-refractivity contribution in [3.8, 4) is 0 Å². The molecule has 0 saturated carbocycles. The van der Waals surface area contributed by atoms with Crippen molar-refractivity contribution in [2.75, 3.05) is 18.5 Å². The SMILES string of the molecule is Cc1ccnc(NCCCCO)c1. The zero-order chi connectivity index (χ0) is 9.52. The van der Waals surface area contributed by atoms with Gasteiger partial charge in [-0.05, 0) is 37.5 Å². The summed E-state index contributed by atoms with van der Waals surface area (Å²) in [5, 5.41) is 11.8. The fraction of sp³-hybridized carbons (Fsp3) is 0.500. The lowest BCUT2D eigenvalue weighted by atomic mass is 10.3. The van der Waals surface area contributed by atoms with Gasteiger partial charge in [-0.25, -0.2) is 4.98 Å². The maximum absolute atomic E-state index is 8.56. The number of aliphatic hydroxyl groups excluding tert-OH is 1. The van der Waals surface area contributed by atoms with Crippen molar-refractivity contribution in [3.63, 3.8) is 0 Å². The van der Waals surface area contributed by atoms with Gasteiger partial charge in [0.25, 0.3) is 0 Å². The van der Waals surface area contributed by atoms with Crippen molar-refractivity contribution in [2.45, 2.75) is 19.8 Å². The molecule has 72 valence electrons. The molecular weight excluding hydrogens is 164 g/mol. The number of aliphatic hydroxyl groups is 1. The number of rotatable bonds is 5. The number of aromatic nitrogens is 1. The standard InChI is InChI=1S/C10H16N2O/c1-9-4-6-12-10(8-9)11-5-2-3-7-13/h4,6,8,13H,2-3,5,7H2,1H3,(H,11,12). The minimum atomic E-state index is 0.267. The quantitative estimate of drug-likeness (QED) is 0.676. The maximum Gasteiger partial charge on any atom is 0.126 e. The van der Waals surface area contributed by atoms with E-state index in [1.54, 1.807) is 6.20 Å². The highest BCUT2D eigenvalue weighted by atomic mass is 16.2. The predicted molar refractivity (Wildman–Crippen MR) is 53.8 cm³/mol. The van der Waals surface area contributed by atoms with Gasteiger partial charge >= 0.3 is 0 Å². The van der Waals surface area contributed by atoms with Crippen LogP contribution in [0.2, 0.25) is 0 Å². The summed E-state index contributed by atoms with van der Waals surface area (Å²) >= 11 is 0. The molecular formula is C10H16N2O. The van der Waals surface area contributed by atoms with Crippen LogP contribution in [0.3, 0.4) is 0 Å². The van der Waals surface area contributed by atoms with E-state index in [0.29, 0.717) is 0 Å². The first kappa shape index (κ1) is 9.99. The van der Waals surface area contributed by atoms with Crippen molar-refractivity contribution in [3.05, 3.63) is 23.9 Å². The summed E-state index contributed by atoms with van der Waals surface area (Å²) in [6.07, 6.45) is 3.62. The van der Waals surface area contributed by atoms with Gasteiger partial charge in [0.1, 0.15) is 5.82 Å². The summed E-state index contributed by atoms with van der Waals surface area (Å²) in [5.74, 6) is 0.915. The number of anilines is 1. The van der Waals surface area contributed by atoms with E-state index >= 15 is 0 Å². The van der Waals surface area contributed by atoms with E-state index in [9.17, 15) is 0 Å². The van der Waals surface area contributed by atoms with Crippen LogP contribution in [-0.4, -0.2) is 23.2 Å². The van der Waals surface area contributed by atoms with E-state index in [2.05, 4.69) is 10.3 Å². The fourth-order valence-corrected chi connectivity index (χ4v) is 1.09. The number of nitrogens with zero attached hydrogens (tertiary/aromatic N) is 1. The second kappa shape index (κ2) is 5.54. The Bertz CT molecular complexity index is 250. The monoisotopic (exact) mass is 180 g/mol. The minimum Gasteiger partial charge on any atom is -0.396 e. The van der Waals surface area contributed by atoms with Crippen LogP contribution in [0.15, 0.2) is 18.3 Å². The van der Waals surface area contributed by atoms with E-state index in [1.165, 1.54) is 5.56 Å². The van der Waals surface area contributed by atoms with Crippen LogP contribution in [0.25, 0.3) is 0 Å². The van der Waals surface area contributed by atoms with Crippen LogP contribution in [0, 0.1) is 6.92 Å². The van der Waals surface area contributed by atoms with Gasteiger partial charge in [-0.15, -0.1) is 0 Å². The van der Waals surface area contributed by atoms with Crippen LogP contribution in [0.5, 0.6) is 0 Å². The molecule has 2 N–H and O–H groups in total. The second-order valence-corrected chi connectivity index (χ2v) is 3.08. The third kappa shape index (κ3) is 3.90. The molecule has 1 heterocycles. The lowest BCUT2D eigenvalue weighted by Crippen LogP contribution is -2.03. The average Bonchev–Trinajstić information content (AvgIpc) is 2.13. The summed E-state index contributed by atoms with van der Waals surface area (Å²) in [7, 11) is 0. The second-order valence-electron chi connectivity index (χ2n) is 3.08. The van der Waals surface area contributed by atoms with Crippen molar-refractivity contribution in [1.82, 2.24) is 4.98 Å². The van der Waals surface area contributed by atoms with E-state index in [0.717, 1.165) is 25.2 Å². The van der Waals surface area contributed by atoms with Gasteiger partial charge in [0.05, 0.1) is 0 Å². The van der Waals surface area contributed by atoms with Gasteiger partial charge in [0.2, 0.25) is 0 Å². The fourth-order valence-electron chi connectivity index (χ4n) is 1.09. The third-order valence-corrected chi connectivity index (χ3v) is 1.81. The Labute approximate surface area is 78.8 Å². The summed E-state index contributed by atoms with van der Waals surface area (Å²) < 4.78 is 0. The van der Waals surface area contributed by atoms with Gasteiger partial charge < -0.3 is 10.4 Å². The third-order valence-electron chi connectivity index (χ3n) is 1.81. The Morgan fingerprint density at radius 1 is 1.46 bits per heavy atom. The molecule has 0 spiro atoms. The number of aryl methyl sites for hydroxylation is 1. The first-order chi connectivity index (χ1) is 6.33. The van der Waals surface area contributed by atoms with Crippen molar-refractivity contribution in [1.29, 1.82) is 0 Å². The van der Waals surface area contributed by atoms with Gasteiger partial charge in [0.15, 0.2) is 0 Å². The molecule has 0 radical (unpaired) electrons. The predicted octanol–water partition coefficient (Wildman–Crippen LogP) is 1.57. The van der Waals surface area contributed by atoms with Crippen LogP contribution < -0.4 is 5.32 Å². The molecule has 1 aromatic heterocycles. The lowest BCUT2D eigenvalue weighted by Gasteiger charge is -2.04. The van der Waals surface area contributed by atoms with Gasteiger partial charge in [-0.1, -0.05) is 0 Å². The van der Waals surface area contributed by atoms with Gasteiger partial charge in [-0.3, -0.25) is 0 Å². The molecule has 3 heteroatoms. The van der Waals surface area contributed by atoms with Crippen molar-refractivity contribution >= 4 is 5.82 Å². The maximum atomic E-state index is 8.56. The first-order valence-electron chi connectivity index (χ1n) is 4.60. The highest BCUT2D eigenvalue weighted by Gasteiger charge is 1.92. The van der Waals surface area contributed by atoms with Crippen molar-refractivity contribution in [2.24, 2.45) is 0 Å². The molecule has 13 heavy (non-hydrogen) atoms. The lowest BCUT2D eigenvalue weighted by molar-refractivity contribution is 0.286. The number of hydrogen-bond acceptors (Lipinski definition) is 3. The number of unbranched alkanes of at least 4 members (excludes halogenated alkanes) is 1. The molecule has 0 aliphatic heterocycles. The summed E-state index contributed by atoms with van der Waals surface area (Å²) in [6.45, 7) is 3.18. The molecule has 0 saturated heterocycles. The topological polar surface area (TPSA) is 45.2 Å². The van der Waals surface area contributed by atoms with E-state index in [4.69, 9.17) is 5.11 Å². The van der Waals surface area contributed by atoms with Crippen LogP contribution in [0.4, 0.5) is 5.82 Å². The molecule has 0 aromatic carbocycles. The minimum absolute atomic E-state index is 0.267. The molecule has 3 nitrogen and oxygen atoms in total. The Balaban J connectivity index is 2.28. The van der Waals surface area contributed by atoms with Crippen LogP contribution in [-0.2, 0) is 0 Å². The van der Waals surface area contributed by atoms with E-state index in [1.807, 2.05) is 19.1 Å². The molecule has 0 fully saturated rings. The summed E-state index contributed by atoms with van der Waals surface area (Å²) in [4.78, 5) is 4.16.